The molecule has 2 rings (SSSR count). The Kier molecular flexibility index (Phi) is 5.77. The summed E-state index contributed by atoms with van der Waals surface area (Å²) >= 11 is 0. The number of hydrogen-bond acceptors (Lipinski definition) is 3. The van der Waals surface area contributed by atoms with Crippen molar-refractivity contribution in [1.29, 1.82) is 0 Å². The summed E-state index contributed by atoms with van der Waals surface area (Å²) in [5.74, 6) is 0.0200. The van der Waals surface area contributed by atoms with Crippen LogP contribution in [0.15, 0.2) is 30.3 Å². The molecule has 6 nitrogen and oxygen atoms in total. The first-order valence-electron chi connectivity index (χ1n) is 7.57. The van der Waals surface area contributed by atoms with E-state index in [-0.39, 0.29) is 24.4 Å². The number of carbonyl (C=O) groups is 2. The molecule has 1 saturated heterocycles. The molecule has 1 fully saturated rings. The van der Waals surface area contributed by atoms with Crippen LogP contribution in [-0.2, 0) is 16.2 Å². The molecule has 1 heterocycles. The third-order valence-corrected chi connectivity index (χ3v) is 3.88. The van der Waals surface area contributed by atoms with Crippen LogP contribution in [0.25, 0.3) is 0 Å². The summed E-state index contributed by atoms with van der Waals surface area (Å²) in [4.78, 5) is 30.3. The van der Waals surface area contributed by atoms with Crippen molar-refractivity contribution >= 4 is 11.9 Å². The first-order chi connectivity index (χ1) is 10.6. The number of hydroxylamine groups is 1. The Hall–Kier alpha value is -2.08. The lowest BCUT2D eigenvalue weighted by Crippen LogP contribution is -2.51. The smallest absolute Gasteiger partial charge is 0.341 e. The lowest BCUT2D eigenvalue weighted by molar-refractivity contribution is -0.119. The summed E-state index contributed by atoms with van der Waals surface area (Å²) in [6, 6.07) is 9.13. The number of rotatable bonds is 5. The van der Waals surface area contributed by atoms with E-state index in [2.05, 4.69) is 12.4 Å². The molecule has 120 valence electrons. The van der Waals surface area contributed by atoms with E-state index in [4.69, 9.17) is 10.6 Å². The van der Waals surface area contributed by atoms with Crippen molar-refractivity contribution < 1.29 is 14.4 Å². The molecule has 0 spiro atoms. The number of likely N-dealkylation sites (tertiary alicyclic amines) is 1. The van der Waals surface area contributed by atoms with Gasteiger partial charge < -0.3 is 10.6 Å². The second-order valence-corrected chi connectivity index (χ2v) is 5.84. The molecule has 1 aromatic carbocycles. The minimum Gasteiger partial charge on any atom is -0.370 e. The van der Waals surface area contributed by atoms with Crippen LogP contribution in [0.3, 0.4) is 0 Å². The molecule has 0 radical (unpaired) electrons. The molecular weight excluding hydrogens is 282 g/mol. The van der Waals surface area contributed by atoms with E-state index in [1.807, 2.05) is 30.3 Å². The predicted octanol–water partition coefficient (Wildman–Crippen LogP) is 1.80. The van der Waals surface area contributed by atoms with E-state index in [1.54, 1.807) is 4.90 Å². The average Bonchev–Trinajstić information content (AvgIpc) is 2.49. The molecule has 0 aromatic heterocycles. The number of hydrogen-bond donors (Lipinski definition) is 2. The fraction of sp³-hybridized carbons (Fsp3) is 0.500. The first kappa shape index (κ1) is 16.3. The lowest BCUT2D eigenvalue weighted by Gasteiger charge is -2.37. The summed E-state index contributed by atoms with van der Waals surface area (Å²) in [6.45, 7) is 3.00. The molecule has 0 saturated carbocycles. The van der Waals surface area contributed by atoms with Gasteiger partial charge >= 0.3 is 6.03 Å². The van der Waals surface area contributed by atoms with Gasteiger partial charge in [0.2, 0.25) is 5.91 Å². The van der Waals surface area contributed by atoms with Gasteiger partial charge in [-0.25, -0.2) is 10.3 Å². The molecule has 22 heavy (non-hydrogen) atoms. The Morgan fingerprint density at radius 2 is 2.05 bits per heavy atom. The highest BCUT2D eigenvalue weighted by molar-refractivity contribution is 5.77. The third-order valence-electron chi connectivity index (χ3n) is 3.88. The molecular formula is C16H23N3O3. The standard InChI is InChI=1S/C16H23N3O3/c1-12-7-8-14(9-15(17)20)19(10-12)16(21)18-22-11-13-5-3-2-4-6-13/h2-6,12,14H,7-11H2,1H3,(H2,17,20)(H,18,21)/t12-,14+/m1/s1. The van der Waals surface area contributed by atoms with Crippen LogP contribution in [0.1, 0.15) is 31.7 Å². The van der Waals surface area contributed by atoms with Gasteiger partial charge in [-0.15, -0.1) is 0 Å². The van der Waals surface area contributed by atoms with E-state index in [9.17, 15) is 9.59 Å². The van der Waals surface area contributed by atoms with Crippen LogP contribution < -0.4 is 11.2 Å². The summed E-state index contributed by atoms with van der Waals surface area (Å²) in [6.07, 6.45) is 1.97. The Morgan fingerprint density at radius 3 is 2.73 bits per heavy atom. The van der Waals surface area contributed by atoms with Crippen molar-refractivity contribution in [3.63, 3.8) is 0 Å². The van der Waals surface area contributed by atoms with Gasteiger partial charge in [-0.05, 0) is 24.3 Å². The minimum atomic E-state index is -0.387. The number of carbonyl (C=O) groups excluding carboxylic acids is 2. The number of primary amides is 1. The summed E-state index contributed by atoms with van der Waals surface area (Å²) < 4.78 is 0. The zero-order valence-corrected chi connectivity index (χ0v) is 12.8. The average molecular weight is 305 g/mol. The SMILES string of the molecule is C[C@@H]1CC[C@@H](CC(N)=O)N(C(=O)NOCc2ccccc2)C1. The zero-order chi connectivity index (χ0) is 15.9. The van der Waals surface area contributed by atoms with Crippen molar-refractivity contribution in [3.05, 3.63) is 35.9 Å². The van der Waals surface area contributed by atoms with Gasteiger partial charge in [0.1, 0.15) is 0 Å². The van der Waals surface area contributed by atoms with Crippen LogP contribution in [0, 0.1) is 5.92 Å². The second-order valence-electron chi connectivity index (χ2n) is 5.84. The van der Waals surface area contributed by atoms with Crippen LogP contribution in [0.4, 0.5) is 4.79 Å². The van der Waals surface area contributed by atoms with Gasteiger partial charge in [0.05, 0.1) is 6.61 Å². The Labute approximate surface area is 130 Å². The molecule has 3 N–H and O–H groups in total. The molecule has 0 unspecified atom stereocenters. The maximum atomic E-state index is 12.3. The summed E-state index contributed by atoms with van der Waals surface area (Å²) in [5.41, 5.74) is 8.70. The van der Waals surface area contributed by atoms with Gasteiger partial charge in [0.15, 0.2) is 0 Å². The quantitative estimate of drug-likeness (QED) is 0.814. The highest BCUT2D eigenvalue weighted by Gasteiger charge is 2.31. The number of nitrogens with two attached hydrogens (primary N) is 1. The molecule has 3 amide bonds. The Morgan fingerprint density at radius 1 is 1.32 bits per heavy atom. The maximum Gasteiger partial charge on any atom is 0.341 e. The van der Waals surface area contributed by atoms with Crippen molar-refractivity contribution in [2.75, 3.05) is 6.54 Å². The van der Waals surface area contributed by atoms with Gasteiger partial charge in [-0.3, -0.25) is 9.63 Å². The zero-order valence-electron chi connectivity index (χ0n) is 12.8. The van der Waals surface area contributed by atoms with Crippen LogP contribution in [0.5, 0.6) is 0 Å². The maximum absolute atomic E-state index is 12.3. The first-order valence-corrected chi connectivity index (χ1v) is 7.57. The molecule has 1 aliphatic heterocycles. The lowest BCUT2D eigenvalue weighted by atomic mass is 9.92. The van der Waals surface area contributed by atoms with Crippen LogP contribution in [-0.4, -0.2) is 29.4 Å². The van der Waals surface area contributed by atoms with Crippen molar-refractivity contribution in [2.24, 2.45) is 11.7 Å². The van der Waals surface area contributed by atoms with Crippen molar-refractivity contribution in [1.82, 2.24) is 10.4 Å². The van der Waals surface area contributed by atoms with Gasteiger partial charge in [-0.2, -0.15) is 0 Å². The predicted molar refractivity (Wildman–Crippen MR) is 82.5 cm³/mol. The van der Waals surface area contributed by atoms with Gasteiger partial charge in [-0.1, -0.05) is 37.3 Å². The fourth-order valence-corrected chi connectivity index (χ4v) is 2.72. The Bertz CT molecular complexity index is 507. The van der Waals surface area contributed by atoms with E-state index < -0.39 is 0 Å². The monoisotopic (exact) mass is 305 g/mol. The highest BCUT2D eigenvalue weighted by Crippen LogP contribution is 2.23. The molecule has 0 aliphatic carbocycles. The molecule has 0 bridgehead atoms. The summed E-state index contributed by atoms with van der Waals surface area (Å²) in [7, 11) is 0. The second kappa shape index (κ2) is 7.79. The Balaban J connectivity index is 1.86. The van der Waals surface area contributed by atoms with E-state index >= 15 is 0 Å². The molecule has 6 heteroatoms. The number of amides is 3. The van der Waals surface area contributed by atoms with E-state index in [0.717, 1.165) is 18.4 Å². The number of nitrogens with one attached hydrogen (secondary N) is 1. The number of urea groups is 1. The van der Waals surface area contributed by atoms with Crippen LogP contribution in [0.2, 0.25) is 0 Å². The number of nitrogens with zero attached hydrogens (tertiary/aromatic N) is 1. The number of piperidine rings is 1. The number of benzene rings is 1. The van der Waals surface area contributed by atoms with Gasteiger partial charge in [0, 0.05) is 19.0 Å². The van der Waals surface area contributed by atoms with Crippen molar-refractivity contribution in [2.45, 2.75) is 38.8 Å². The topological polar surface area (TPSA) is 84.7 Å². The van der Waals surface area contributed by atoms with Crippen LogP contribution >= 0.6 is 0 Å². The third kappa shape index (κ3) is 4.73. The molecule has 1 aliphatic rings. The minimum absolute atomic E-state index is 0.144. The summed E-state index contributed by atoms with van der Waals surface area (Å²) in [5, 5.41) is 0. The normalized spacial score (nSPS) is 21.4. The van der Waals surface area contributed by atoms with E-state index in [0.29, 0.717) is 19.1 Å². The highest BCUT2D eigenvalue weighted by atomic mass is 16.7. The van der Waals surface area contributed by atoms with Crippen molar-refractivity contribution in [3.8, 4) is 0 Å². The molecule has 2 atom stereocenters. The van der Waals surface area contributed by atoms with E-state index in [1.165, 1.54) is 0 Å². The largest absolute Gasteiger partial charge is 0.370 e. The van der Waals surface area contributed by atoms with Gasteiger partial charge in [0.25, 0.3) is 0 Å². The fourth-order valence-electron chi connectivity index (χ4n) is 2.72. The molecule has 1 aromatic rings.